The highest BCUT2D eigenvalue weighted by Gasteiger charge is 2.30. The Morgan fingerprint density at radius 2 is 1.50 bits per heavy atom. The van der Waals surface area contributed by atoms with Gasteiger partial charge in [-0.2, -0.15) is 0 Å². The van der Waals surface area contributed by atoms with Gasteiger partial charge in [0.05, 0.1) is 0 Å². The van der Waals surface area contributed by atoms with E-state index in [9.17, 15) is 4.79 Å². The normalized spacial score (nSPS) is 27.7. The molecule has 4 nitrogen and oxygen atoms in total. The van der Waals surface area contributed by atoms with Crippen LogP contribution in [0.5, 0.6) is 0 Å². The fourth-order valence-electron chi connectivity index (χ4n) is 4.08. The second-order valence-electron chi connectivity index (χ2n) is 6.68. The molecule has 2 saturated heterocycles. The van der Waals surface area contributed by atoms with Gasteiger partial charge in [-0.15, -0.1) is 0 Å². The van der Waals surface area contributed by atoms with E-state index in [2.05, 4.69) is 15.1 Å². The van der Waals surface area contributed by atoms with Gasteiger partial charge in [0.1, 0.15) is 0 Å². The van der Waals surface area contributed by atoms with E-state index in [1.807, 2.05) is 0 Å². The van der Waals surface area contributed by atoms with Gasteiger partial charge in [-0.3, -0.25) is 9.69 Å². The van der Waals surface area contributed by atoms with Crippen molar-refractivity contribution in [3.8, 4) is 0 Å². The van der Waals surface area contributed by atoms with Crippen LogP contribution in [0.1, 0.15) is 44.9 Å². The van der Waals surface area contributed by atoms with E-state index in [0.717, 1.165) is 58.2 Å². The Labute approximate surface area is 122 Å². The summed E-state index contributed by atoms with van der Waals surface area (Å²) >= 11 is 0. The first-order valence-corrected chi connectivity index (χ1v) is 8.58. The number of piperidine rings is 1. The van der Waals surface area contributed by atoms with Crippen LogP contribution in [0.15, 0.2) is 0 Å². The van der Waals surface area contributed by atoms with E-state index in [4.69, 9.17) is 0 Å². The van der Waals surface area contributed by atoms with Crippen molar-refractivity contribution in [2.45, 2.75) is 51.0 Å². The minimum Gasteiger partial charge on any atom is -0.340 e. The number of hydrogen-bond acceptors (Lipinski definition) is 3. The summed E-state index contributed by atoms with van der Waals surface area (Å²) in [7, 11) is 0. The summed E-state index contributed by atoms with van der Waals surface area (Å²) in [5.74, 6) is 0.715. The summed E-state index contributed by atoms with van der Waals surface area (Å²) in [5.41, 5.74) is 0. The molecule has 0 unspecified atom stereocenters. The fraction of sp³-hybridized carbons (Fsp3) is 0.938. The Bertz CT molecular complexity index is 314. The van der Waals surface area contributed by atoms with E-state index < -0.39 is 0 Å². The molecule has 0 bridgehead atoms. The number of hydrogen-bond donors (Lipinski definition) is 1. The number of carbonyl (C=O) groups is 1. The molecular formula is C16H29N3O. The highest BCUT2D eigenvalue weighted by atomic mass is 16.2. The van der Waals surface area contributed by atoms with Crippen molar-refractivity contribution in [1.82, 2.24) is 15.1 Å². The zero-order valence-corrected chi connectivity index (χ0v) is 12.6. The summed E-state index contributed by atoms with van der Waals surface area (Å²) in [6.07, 6.45) is 9.04. The third kappa shape index (κ3) is 3.34. The summed E-state index contributed by atoms with van der Waals surface area (Å²) in [5, 5.41) is 3.34. The summed E-state index contributed by atoms with van der Waals surface area (Å²) in [4.78, 5) is 17.3. The molecule has 0 radical (unpaired) electrons. The maximum Gasteiger partial charge on any atom is 0.225 e. The molecule has 0 spiro atoms. The van der Waals surface area contributed by atoms with Crippen LogP contribution in [0.4, 0.5) is 0 Å². The lowest BCUT2D eigenvalue weighted by atomic mass is 9.93. The molecule has 1 N–H and O–H groups in total. The highest BCUT2D eigenvalue weighted by molar-refractivity contribution is 5.79. The fourth-order valence-corrected chi connectivity index (χ4v) is 4.08. The van der Waals surface area contributed by atoms with Gasteiger partial charge in [0.2, 0.25) is 5.91 Å². The van der Waals surface area contributed by atoms with Crippen molar-refractivity contribution in [2.24, 2.45) is 5.92 Å². The van der Waals surface area contributed by atoms with Gasteiger partial charge in [0.25, 0.3) is 0 Å². The van der Waals surface area contributed by atoms with Crippen molar-refractivity contribution < 1.29 is 4.79 Å². The lowest BCUT2D eigenvalue weighted by Gasteiger charge is -2.41. The van der Waals surface area contributed by atoms with Crippen LogP contribution in [-0.2, 0) is 4.79 Å². The van der Waals surface area contributed by atoms with Gasteiger partial charge in [-0.1, -0.05) is 19.3 Å². The quantitative estimate of drug-likeness (QED) is 0.831. The van der Waals surface area contributed by atoms with Gasteiger partial charge >= 0.3 is 0 Å². The van der Waals surface area contributed by atoms with Gasteiger partial charge in [0.15, 0.2) is 0 Å². The van der Waals surface area contributed by atoms with Crippen molar-refractivity contribution in [3.05, 3.63) is 0 Å². The smallest absolute Gasteiger partial charge is 0.225 e. The summed E-state index contributed by atoms with van der Waals surface area (Å²) < 4.78 is 0. The molecule has 0 aromatic rings. The zero-order valence-electron chi connectivity index (χ0n) is 12.6. The number of nitrogens with one attached hydrogen (secondary N) is 1. The molecule has 4 heteroatoms. The van der Waals surface area contributed by atoms with Gasteiger partial charge in [-0.05, 0) is 38.8 Å². The lowest BCUT2D eigenvalue weighted by molar-refractivity contribution is -0.138. The van der Waals surface area contributed by atoms with E-state index in [1.165, 1.54) is 32.1 Å². The Morgan fingerprint density at radius 3 is 2.15 bits per heavy atom. The standard InChI is InChI=1S/C16H29N3O/c20-16(14-6-8-17-9-7-14)19-12-10-18(11-13-19)15-4-2-1-3-5-15/h14-15,17H,1-13H2. The lowest BCUT2D eigenvalue weighted by Crippen LogP contribution is -2.54. The molecule has 0 aromatic heterocycles. The number of rotatable bonds is 2. The van der Waals surface area contributed by atoms with E-state index >= 15 is 0 Å². The van der Waals surface area contributed by atoms with Gasteiger partial charge in [0, 0.05) is 38.1 Å². The Hall–Kier alpha value is -0.610. The van der Waals surface area contributed by atoms with Gasteiger partial charge in [-0.25, -0.2) is 0 Å². The number of piperazine rings is 1. The maximum absolute atomic E-state index is 12.5. The minimum atomic E-state index is 0.289. The van der Waals surface area contributed by atoms with Crippen LogP contribution in [0, 0.1) is 5.92 Å². The monoisotopic (exact) mass is 279 g/mol. The van der Waals surface area contributed by atoms with Crippen molar-refractivity contribution >= 4 is 5.91 Å². The Kier molecular flexibility index (Phi) is 4.94. The second-order valence-corrected chi connectivity index (χ2v) is 6.68. The van der Waals surface area contributed by atoms with Crippen LogP contribution in [-0.4, -0.2) is 61.0 Å². The second kappa shape index (κ2) is 6.90. The summed E-state index contributed by atoms with van der Waals surface area (Å²) in [6.45, 7) is 6.14. The first kappa shape index (κ1) is 14.3. The third-order valence-corrected chi connectivity index (χ3v) is 5.41. The molecule has 0 atom stereocenters. The highest BCUT2D eigenvalue weighted by Crippen LogP contribution is 2.24. The Morgan fingerprint density at radius 1 is 0.850 bits per heavy atom. The predicted molar refractivity (Wildman–Crippen MR) is 80.6 cm³/mol. The largest absolute Gasteiger partial charge is 0.340 e. The summed E-state index contributed by atoms with van der Waals surface area (Å²) in [6, 6.07) is 0.805. The number of amides is 1. The average Bonchev–Trinajstić information content (AvgIpc) is 2.56. The maximum atomic E-state index is 12.5. The number of carbonyl (C=O) groups excluding carboxylic acids is 1. The predicted octanol–water partition coefficient (Wildman–Crippen LogP) is 1.46. The molecule has 3 aliphatic rings. The van der Waals surface area contributed by atoms with Crippen LogP contribution in [0.25, 0.3) is 0 Å². The topological polar surface area (TPSA) is 35.6 Å². The molecule has 1 amide bonds. The molecule has 2 heterocycles. The van der Waals surface area contributed by atoms with Crippen LogP contribution in [0.3, 0.4) is 0 Å². The first-order valence-electron chi connectivity index (χ1n) is 8.58. The SMILES string of the molecule is O=C(C1CCNCC1)N1CCN(C2CCCCC2)CC1. The van der Waals surface area contributed by atoms with Gasteiger partial charge < -0.3 is 10.2 Å². The molecule has 114 valence electrons. The van der Waals surface area contributed by atoms with Crippen LogP contribution < -0.4 is 5.32 Å². The molecule has 3 rings (SSSR count). The number of nitrogens with zero attached hydrogens (tertiary/aromatic N) is 2. The minimum absolute atomic E-state index is 0.289. The molecular weight excluding hydrogens is 250 g/mol. The van der Waals surface area contributed by atoms with Crippen molar-refractivity contribution in [2.75, 3.05) is 39.3 Å². The first-order chi connectivity index (χ1) is 9.84. The van der Waals surface area contributed by atoms with Crippen LogP contribution >= 0.6 is 0 Å². The average molecular weight is 279 g/mol. The molecule has 2 aliphatic heterocycles. The molecule has 20 heavy (non-hydrogen) atoms. The van der Waals surface area contributed by atoms with E-state index in [0.29, 0.717) is 5.91 Å². The Balaban J connectivity index is 1.46. The molecule has 1 saturated carbocycles. The molecule has 1 aliphatic carbocycles. The molecule has 0 aromatic carbocycles. The van der Waals surface area contributed by atoms with Crippen molar-refractivity contribution in [3.63, 3.8) is 0 Å². The van der Waals surface area contributed by atoms with E-state index in [-0.39, 0.29) is 5.92 Å². The molecule has 3 fully saturated rings. The van der Waals surface area contributed by atoms with E-state index in [1.54, 1.807) is 0 Å². The third-order valence-electron chi connectivity index (χ3n) is 5.41. The zero-order chi connectivity index (χ0) is 13.8. The van der Waals surface area contributed by atoms with Crippen molar-refractivity contribution in [1.29, 1.82) is 0 Å². The van der Waals surface area contributed by atoms with Crippen LogP contribution in [0.2, 0.25) is 0 Å².